The summed E-state index contributed by atoms with van der Waals surface area (Å²) < 4.78 is 5.55. The van der Waals surface area contributed by atoms with Gasteiger partial charge in [-0.3, -0.25) is 0 Å². The van der Waals surface area contributed by atoms with Gasteiger partial charge in [0.05, 0.1) is 6.04 Å². The highest BCUT2D eigenvalue weighted by atomic mass is 16.3. The molecule has 0 aliphatic carbocycles. The number of benzene rings is 1. The van der Waals surface area contributed by atoms with Crippen LogP contribution >= 0.6 is 0 Å². The van der Waals surface area contributed by atoms with Crippen LogP contribution in [0.25, 0.3) is 0 Å². The summed E-state index contributed by atoms with van der Waals surface area (Å²) in [5.74, 6) is 1.84. The number of rotatable bonds is 4. The van der Waals surface area contributed by atoms with Gasteiger partial charge in [0.15, 0.2) is 0 Å². The first-order chi connectivity index (χ1) is 8.61. The predicted octanol–water partition coefficient (Wildman–Crippen LogP) is 3.90. The van der Waals surface area contributed by atoms with E-state index in [1.54, 1.807) is 0 Å². The molecule has 2 rings (SSSR count). The van der Waals surface area contributed by atoms with E-state index in [0.29, 0.717) is 0 Å². The van der Waals surface area contributed by atoms with E-state index in [9.17, 15) is 0 Å². The molecule has 1 aromatic heterocycles. The van der Waals surface area contributed by atoms with Gasteiger partial charge in [-0.15, -0.1) is 0 Å². The lowest BCUT2D eigenvalue weighted by Crippen LogP contribution is -2.12. The van der Waals surface area contributed by atoms with Gasteiger partial charge in [-0.2, -0.15) is 0 Å². The first kappa shape index (κ1) is 12.9. The molecule has 2 nitrogen and oxygen atoms in total. The minimum Gasteiger partial charge on any atom is -0.466 e. The van der Waals surface area contributed by atoms with Crippen molar-refractivity contribution in [1.82, 2.24) is 0 Å². The molecule has 0 aliphatic heterocycles. The van der Waals surface area contributed by atoms with Gasteiger partial charge in [-0.05, 0) is 37.5 Å². The molecule has 1 atom stereocenters. The lowest BCUT2D eigenvalue weighted by atomic mass is 9.97. The minimum atomic E-state index is -0.0979. The molecule has 0 aliphatic rings. The average molecular weight is 243 g/mol. The Morgan fingerprint density at radius 1 is 1.22 bits per heavy atom. The number of hydrogen-bond acceptors (Lipinski definition) is 2. The molecule has 2 N–H and O–H groups in total. The lowest BCUT2D eigenvalue weighted by Gasteiger charge is -2.12. The zero-order chi connectivity index (χ0) is 13.1. The second-order valence-corrected chi connectivity index (χ2v) is 4.84. The van der Waals surface area contributed by atoms with Crippen molar-refractivity contribution in [1.29, 1.82) is 0 Å². The Hall–Kier alpha value is -1.54. The molecule has 0 radical (unpaired) electrons. The molecule has 0 saturated heterocycles. The van der Waals surface area contributed by atoms with Crippen LogP contribution in [0.2, 0.25) is 0 Å². The van der Waals surface area contributed by atoms with Crippen LogP contribution in [0, 0.1) is 13.8 Å². The van der Waals surface area contributed by atoms with Crippen molar-refractivity contribution in [3.8, 4) is 0 Å². The highest BCUT2D eigenvalue weighted by Gasteiger charge is 2.15. The molecule has 1 unspecified atom stereocenters. The minimum absolute atomic E-state index is 0.0979. The van der Waals surface area contributed by atoms with E-state index < -0.39 is 0 Å². The number of hydrogen-bond donors (Lipinski definition) is 1. The van der Waals surface area contributed by atoms with E-state index in [0.717, 1.165) is 35.5 Å². The van der Waals surface area contributed by atoms with Crippen LogP contribution in [0.5, 0.6) is 0 Å². The molecule has 0 bridgehead atoms. The molecular weight excluding hydrogens is 222 g/mol. The summed E-state index contributed by atoms with van der Waals surface area (Å²) in [5, 5.41) is 0. The van der Waals surface area contributed by atoms with Crippen LogP contribution in [0.4, 0.5) is 0 Å². The standard InChI is InChI=1S/C16H21NO/c1-4-6-13-7-5-8-14(10-13)16(17)15-9-11(2)18-12(15)3/h5,7-10,16H,4,6,17H2,1-3H3. The molecule has 0 saturated carbocycles. The zero-order valence-corrected chi connectivity index (χ0v) is 11.4. The van der Waals surface area contributed by atoms with Crippen molar-refractivity contribution < 1.29 is 4.42 Å². The van der Waals surface area contributed by atoms with Crippen molar-refractivity contribution >= 4 is 0 Å². The third-order valence-corrected chi connectivity index (χ3v) is 3.26. The number of furan rings is 1. The zero-order valence-electron chi connectivity index (χ0n) is 11.4. The quantitative estimate of drug-likeness (QED) is 0.884. The Morgan fingerprint density at radius 2 is 2.00 bits per heavy atom. The molecule has 96 valence electrons. The number of aryl methyl sites for hydroxylation is 3. The molecule has 2 heteroatoms. The van der Waals surface area contributed by atoms with E-state index in [2.05, 4.69) is 31.2 Å². The van der Waals surface area contributed by atoms with E-state index in [1.807, 2.05) is 19.9 Å². The van der Waals surface area contributed by atoms with Crippen LogP contribution in [-0.2, 0) is 6.42 Å². The molecule has 2 aromatic rings. The molecule has 18 heavy (non-hydrogen) atoms. The second kappa shape index (κ2) is 5.40. The Labute approximate surface area is 109 Å². The SMILES string of the molecule is CCCc1cccc(C(N)c2cc(C)oc2C)c1. The lowest BCUT2D eigenvalue weighted by molar-refractivity contribution is 0.499. The Balaban J connectivity index is 2.30. The van der Waals surface area contributed by atoms with Crippen LogP contribution < -0.4 is 5.73 Å². The third-order valence-electron chi connectivity index (χ3n) is 3.26. The summed E-state index contributed by atoms with van der Waals surface area (Å²) in [5.41, 5.74) is 9.93. The maximum Gasteiger partial charge on any atom is 0.106 e. The highest BCUT2D eigenvalue weighted by Crippen LogP contribution is 2.26. The molecular formula is C16H21NO. The fourth-order valence-electron chi connectivity index (χ4n) is 2.37. The first-order valence-corrected chi connectivity index (χ1v) is 6.53. The summed E-state index contributed by atoms with van der Waals surface area (Å²) in [6.45, 7) is 6.12. The van der Waals surface area contributed by atoms with Gasteiger partial charge in [-0.25, -0.2) is 0 Å². The molecule has 1 aromatic carbocycles. The van der Waals surface area contributed by atoms with Gasteiger partial charge in [-0.1, -0.05) is 37.6 Å². The van der Waals surface area contributed by atoms with Gasteiger partial charge in [0.2, 0.25) is 0 Å². The van der Waals surface area contributed by atoms with Crippen molar-refractivity contribution in [2.24, 2.45) is 5.73 Å². The molecule has 0 fully saturated rings. The summed E-state index contributed by atoms with van der Waals surface area (Å²) >= 11 is 0. The summed E-state index contributed by atoms with van der Waals surface area (Å²) in [7, 11) is 0. The van der Waals surface area contributed by atoms with Gasteiger partial charge >= 0.3 is 0 Å². The Kier molecular flexibility index (Phi) is 3.87. The average Bonchev–Trinajstić information content (AvgIpc) is 2.68. The Bertz CT molecular complexity index is 528. The van der Waals surface area contributed by atoms with Gasteiger partial charge in [0.25, 0.3) is 0 Å². The van der Waals surface area contributed by atoms with Gasteiger partial charge < -0.3 is 10.2 Å². The van der Waals surface area contributed by atoms with Crippen molar-refractivity contribution in [2.45, 2.75) is 39.7 Å². The van der Waals surface area contributed by atoms with Crippen molar-refractivity contribution in [3.63, 3.8) is 0 Å². The maximum absolute atomic E-state index is 6.34. The smallest absolute Gasteiger partial charge is 0.106 e. The van der Waals surface area contributed by atoms with Crippen molar-refractivity contribution in [3.05, 3.63) is 58.5 Å². The van der Waals surface area contributed by atoms with Crippen LogP contribution in [0.3, 0.4) is 0 Å². The molecule has 1 heterocycles. The van der Waals surface area contributed by atoms with E-state index in [4.69, 9.17) is 10.2 Å². The van der Waals surface area contributed by atoms with Gasteiger partial charge in [0, 0.05) is 5.56 Å². The summed E-state index contributed by atoms with van der Waals surface area (Å²) in [6, 6.07) is 10.5. The fraction of sp³-hybridized carbons (Fsp3) is 0.375. The van der Waals surface area contributed by atoms with Crippen LogP contribution in [0.1, 0.15) is 47.6 Å². The third kappa shape index (κ3) is 2.65. The predicted molar refractivity (Wildman–Crippen MR) is 74.6 cm³/mol. The van der Waals surface area contributed by atoms with Crippen molar-refractivity contribution in [2.75, 3.05) is 0 Å². The van der Waals surface area contributed by atoms with E-state index in [-0.39, 0.29) is 6.04 Å². The van der Waals surface area contributed by atoms with Crippen LogP contribution in [-0.4, -0.2) is 0 Å². The largest absolute Gasteiger partial charge is 0.466 e. The Morgan fingerprint density at radius 3 is 2.61 bits per heavy atom. The molecule has 0 amide bonds. The van der Waals surface area contributed by atoms with E-state index >= 15 is 0 Å². The first-order valence-electron chi connectivity index (χ1n) is 6.53. The molecule has 0 spiro atoms. The second-order valence-electron chi connectivity index (χ2n) is 4.84. The summed E-state index contributed by atoms with van der Waals surface area (Å²) in [6.07, 6.45) is 2.26. The topological polar surface area (TPSA) is 39.2 Å². The fourth-order valence-corrected chi connectivity index (χ4v) is 2.37. The maximum atomic E-state index is 6.34. The number of nitrogens with two attached hydrogens (primary N) is 1. The highest BCUT2D eigenvalue weighted by molar-refractivity contribution is 5.36. The normalized spacial score (nSPS) is 12.7. The van der Waals surface area contributed by atoms with Crippen LogP contribution in [0.15, 0.2) is 34.7 Å². The monoisotopic (exact) mass is 243 g/mol. The van der Waals surface area contributed by atoms with Gasteiger partial charge in [0.1, 0.15) is 11.5 Å². The summed E-state index contributed by atoms with van der Waals surface area (Å²) in [4.78, 5) is 0. The van der Waals surface area contributed by atoms with E-state index in [1.165, 1.54) is 5.56 Å².